The molecule has 1 unspecified atom stereocenters. The Morgan fingerprint density at radius 3 is 2.13 bits per heavy atom. The second-order valence-electron chi connectivity index (χ2n) is 8.40. The third-order valence-corrected chi connectivity index (χ3v) is 6.38. The largest absolute Gasteiger partial charge is 0.335 e. The lowest BCUT2D eigenvalue weighted by Gasteiger charge is -2.42. The van der Waals surface area contributed by atoms with Crippen molar-refractivity contribution >= 4 is 17.7 Å². The maximum Gasteiger partial charge on any atom is 0.262 e. The first-order valence-electron chi connectivity index (χ1n) is 10.6. The number of hydrogen-bond donors (Lipinski definition) is 0. The van der Waals surface area contributed by atoms with E-state index in [1.165, 1.54) is 18.4 Å². The van der Waals surface area contributed by atoms with Crippen molar-refractivity contribution in [2.24, 2.45) is 0 Å². The molecule has 1 aliphatic carbocycles. The van der Waals surface area contributed by atoms with Gasteiger partial charge < -0.3 is 4.90 Å². The molecule has 2 fully saturated rings. The zero-order valence-electron chi connectivity index (χ0n) is 16.9. The highest BCUT2D eigenvalue weighted by molar-refractivity contribution is 6.22. The molecule has 30 heavy (non-hydrogen) atoms. The Morgan fingerprint density at radius 2 is 1.50 bits per heavy atom. The molecule has 0 bridgehead atoms. The van der Waals surface area contributed by atoms with Gasteiger partial charge in [-0.15, -0.1) is 0 Å². The average molecular weight is 403 g/mol. The molecule has 154 valence electrons. The van der Waals surface area contributed by atoms with Crippen molar-refractivity contribution in [3.8, 4) is 0 Å². The van der Waals surface area contributed by atoms with E-state index in [-0.39, 0.29) is 30.3 Å². The Bertz CT molecular complexity index is 951. The number of piperazine rings is 1. The van der Waals surface area contributed by atoms with Gasteiger partial charge in [-0.25, -0.2) is 0 Å². The summed E-state index contributed by atoms with van der Waals surface area (Å²) in [5, 5.41) is 0. The number of benzene rings is 2. The summed E-state index contributed by atoms with van der Waals surface area (Å²) in [5.74, 6) is -0.902. The van der Waals surface area contributed by atoms with Crippen LogP contribution in [0, 0.1) is 0 Å². The van der Waals surface area contributed by atoms with Crippen molar-refractivity contribution in [1.82, 2.24) is 14.7 Å². The Hall–Kier alpha value is -2.99. The van der Waals surface area contributed by atoms with Crippen LogP contribution in [0.3, 0.4) is 0 Å². The second kappa shape index (κ2) is 7.69. The maximum absolute atomic E-state index is 13.3. The lowest BCUT2D eigenvalue weighted by molar-refractivity contribution is -0.136. The molecule has 2 aromatic rings. The SMILES string of the molecule is O=C1c2ccccc2C(=O)N1CC(=O)N1CCN(C2CC2)CC1Cc1ccccc1. The molecule has 0 radical (unpaired) electrons. The summed E-state index contributed by atoms with van der Waals surface area (Å²) < 4.78 is 0. The maximum atomic E-state index is 13.3. The van der Waals surface area contributed by atoms with E-state index in [4.69, 9.17) is 0 Å². The Morgan fingerprint density at radius 1 is 0.867 bits per heavy atom. The predicted molar refractivity (Wildman–Crippen MR) is 112 cm³/mol. The van der Waals surface area contributed by atoms with Gasteiger partial charge in [-0.2, -0.15) is 0 Å². The van der Waals surface area contributed by atoms with Gasteiger partial charge in [0.05, 0.1) is 11.1 Å². The summed E-state index contributed by atoms with van der Waals surface area (Å²) in [6.07, 6.45) is 3.25. The van der Waals surface area contributed by atoms with E-state index >= 15 is 0 Å². The van der Waals surface area contributed by atoms with E-state index in [1.807, 2.05) is 23.1 Å². The van der Waals surface area contributed by atoms with Crippen molar-refractivity contribution < 1.29 is 14.4 Å². The number of carbonyl (C=O) groups is 3. The molecule has 6 nitrogen and oxygen atoms in total. The fourth-order valence-electron chi connectivity index (χ4n) is 4.65. The van der Waals surface area contributed by atoms with Gasteiger partial charge in [0.15, 0.2) is 0 Å². The summed E-state index contributed by atoms with van der Waals surface area (Å²) in [6.45, 7) is 2.13. The number of hydrogen-bond acceptors (Lipinski definition) is 4. The number of nitrogens with zero attached hydrogens (tertiary/aromatic N) is 3. The highest BCUT2D eigenvalue weighted by Gasteiger charge is 2.40. The fourth-order valence-corrected chi connectivity index (χ4v) is 4.65. The molecule has 2 aromatic carbocycles. The molecule has 0 N–H and O–H groups in total. The zero-order valence-corrected chi connectivity index (χ0v) is 16.9. The predicted octanol–water partition coefficient (Wildman–Crippen LogP) is 2.20. The van der Waals surface area contributed by atoms with Gasteiger partial charge in [0.1, 0.15) is 6.54 Å². The van der Waals surface area contributed by atoms with Gasteiger partial charge in [-0.3, -0.25) is 24.2 Å². The molecule has 6 heteroatoms. The molecule has 0 spiro atoms. The fraction of sp³-hybridized carbons (Fsp3) is 0.375. The summed E-state index contributed by atoms with van der Waals surface area (Å²) in [4.78, 5) is 44.1. The third kappa shape index (κ3) is 3.52. The van der Waals surface area contributed by atoms with Gasteiger partial charge >= 0.3 is 0 Å². The van der Waals surface area contributed by atoms with Gasteiger partial charge in [-0.1, -0.05) is 42.5 Å². The second-order valence-corrected chi connectivity index (χ2v) is 8.40. The van der Waals surface area contributed by atoms with Crippen LogP contribution in [0.5, 0.6) is 0 Å². The number of fused-ring (bicyclic) bond motifs is 1. The monoisotopic (exact) mass is 403 g/mol. The lowest BCUT2D eigenvalue weighted by Crippen LogP contribution is -2.58. The summed E-state index contributed by atoms with van der Waals surface area (Å²) >= 11 is 0. The molecule has 3 aliphatic rings. The molecular weight excluding hydrogens is 378 g/mol. The van der Waals surface area contributed by atoms with Crippen LogP contribution >= 0.6 is 0 Å². The Balaban J connectivity index is 1.33. The van der Waals surface area contributed by atoms with E-state index < -0.39 is 0 Å². The van der Waals surface area contributed by atoms with E-state index in [0.29, 0.717) is 23.7 Å². The van der Waals surface area contributed by atoms with Crippen molar-refractivity contribution in [2.45, 2.75) is 31.3 Å². The molecule has 2 heterocycles. The Labute approximate surface area is 176 Å². The minimum absolute atomic E-state index is 0.0458. The van der Waals surface area contributed by atoms with Crippen LogP contribution in [0.4, 0.5) is 0 Å². The summed E-state index contributed by atoms with van der Waals surface area (Å²) in [6, 6.07) is 17.7. The summed E-state index contributed by atoms with van der Waals surface area (Å²) in [7, 11) is 0. The minimum atomic E-state index is -0.375. The van der Waals surface area contributed by atoms with Gasteiger partial charge in [-0.05, 0) is 37.0 Å². The van der Waals surface area contributed by atoms with Crippen LogP contribution in [-0.2, 0) is 11.2 Å². The van der Waals surface area contributed by atoms with Crippen LogP contribution in [-0.4, -0.2) is 70.7 Å². The third-order valence-electron chi connectivity index (χ3n) is 6.38. The minimum Gasteiger partial charge on any atom is -0.335 e. The molecule has 3 amide bonds. The van der Waals surface area contributed by atoms with Crippen LogP contribution in [0.15, 0.2) is 54.6 Å². The number of amides is 3. The number of rotatable bonds is 5. The topological polar surface area (TPSA) is 60.9 Å². The molecule has 5 rings (SSSR count). The molecular formula is C24H25N3O3. The van der Waals surface area contributed by atoms with Crippen molar-refractivity contribution in [2.75, 3.05) is 26.2 Å². The van der Waals surface area contributed by atoms with Crippen LogP contribution in [0.1, 0.15) is 39.1 Å². The first kappa shape index (κ1) is 19.0. The van der Waals surface area contributed by atoms with Gasteiger partial charge in [0.2, 0.25) is 5.91 Å². The standard InChI is InChI=1S/C24H25N3O3/c28-22(16-27-23(29)20-8-4-5-9-21(20)24(27)30)26-13-12-25(18-10-11-18)15-19(26)14-17-6-2-1-3-7-17/h1-9,18-19H,10-16H2. The van der Waals surface area contributed by atoms with Gasteiger partial charge in [0.25, 0.3) is 11.8 Å². The molecule has 0 aromatic heterocycles. The number of carbonyl (C=O) groups excluding carboxylic acids is 3. The van der Waals surface area contributed by atoms with Crippen LogP contribution in [0.2, 0.25) is 0 Å². The average Bonchev–Trinajstić information content (AvgIpc) is 3.59. The smallest absolute Gasteiger partial charge is 0.262 e. The molecule has 2 aliphatic heterocycles. The molecule has 1 atom stereocenters. The Kier molecular flexibility index (Phi) is 4.87. The molecule has 1 saturated carbocycles. The lowest BCUT2D eigenvalue weighted by atomic mass is 10.0. The quantitative estimate of drug-likeness (QED) is 0.718. The number of imide groups is 1. The first-order chi connectivity index (χ1) is 14.6. The van der Waals surface area contributed by atoms with Crippen molar-refractivity contribution in [3.05, 3.63) is 71.3 Å². The van der Waals surface area contributed by atoms with E-state index in [1.54, 1.807) is 24.3 Å². The highest BCUT2D eigenvalue weighted by Crippen LogP contribution is 2.30. The van der Waals surface area contributed by atoms with E-state index in [9.17, 15) is 14.4 Å². The summed E-state index contributed by atoms with van der Waals surface area (Å²) in [5.41, 5.74) is 1.96. The first-order valence-corrected chi connectivity index (χ1v) is 10.6. The zero-order chi connectivity index (χ0) is 20.7. The highest BCUT2D eigenvalue weighted by atomic mass is 16.2. The normalized spacial score (nSPS) is 21.8. The van der Waals surface area contributed by atoms with Crippen molar-refractivity contribution in [3.63, 3.8) is 0 Å². The van der Waals surface area contributed by atoms with E-state index in [2.05, 4.69) is 17.0 Å². The van der Waals surface area contributed by atoms with Crippen molar-refractivity contribution in [1.29, 1.82) is 0 Å². The van der Waals surface area contributed by atoms with E-state index in [0.717, 1.165) is 24.4 Å². The molecule has 1 saturated heterocycles. The van der Waals surface area contributed by atoms with Gasteiger partial charge in [0, 0.05) is 31.7 Å². The van der Waals surface area contributed by atoms with Crippen LogP contribution in [0.25, 0.3) is 0 Å². The van der Waals surface area contributed by atoms with Crippen LogP contribution < -0.4 is 0 Å².